The molecule has 1 aromatic carbocycles. The Labute approximate surface area is 72.7 Å². The first-order chi connectivity index (χ1) is 5.88. The van der Waals surface area contributed by atoms with Crippen LogP contribution in [0.5, 0.6) is 0 Å². The summed E-state index contributed by atoms with van der Waals surface area (Å²) < 4.78 is 0. The summed E-state index contributed by atoms with van der Waals surface area (Å²) in [7, 11) is 0. The second-order valence-corrected chi connectivity index (χ2v) is 2.51. The van der Waals surface area contributed by atoms with E-state index in [9.17, 15) is 0 Å². The van der Waals surface area contributed by atoms with Crippen LogP contribution in [0.4, 0.5) is 0 Å². The largest absolute Gasteiger partial charge is 0.515 e. The minimum absolute atomic E-state index is 0.695. The fourth-order valence-electron chi connectivity index (χ4n) is 1.05. The van der Waals surface area contributed by atoms with E-state index in [1.165, 1.54) is 0 Å². The van der Waals surface area contributed by atoms with E-state index in [0.29, 0.717) is 6.42 Å². The van der Waals surface area contributed by atoms with E-state index in [-0.39, 0.29) is 0 Å². The maximum atomic E-state index is 8.90. The summed E-state index contributed by atoms with van der Waals surface area (Å²) in [6.45, 7) is 3.62. The second kappa shape index (κ2) is 4.39. The first-order valence-electron chi connectivity index (χ1n) is 3.88. The monoisotopic (exact) mass is 160 g/mol. The van der Waals surface area contributed by atoms with Crippen molar-refractivity contribution in [2.45, 2.75) is 6.42 Å². The normalized spacial score (nSPS) is 11.2. The van der Waals surface area contributed by atoms with E-state index >= 15 is 0 Å². The molecule has 0 fully saturated rings. The van der Waals surface area contributed by atoms with E-state index in [0.717, 1.165) is 17.4 Å². The van der Waals surface area contributed by atoms with Gasteiger partial charge >= 0.3 is 0 Å². The Balaban J connectivity index is 2.88. The molecule has 0 aliphatic rings. The van der Waals surface area contributed by atoms with Gasteiger partial charge < -0.3 is 5.11 Å². The molecule has 0 radical (unpaired) electrons. The summed E-state index contributed by atoms with van der Waals surface area (Å²) >= 11 is 0. The highest BCUT2D eigenvalue weighted by Gasteiger charge is 1.96. The van der Waals surface area contributed by atoms with Crippen LogP contribution < -0.4 is 0 Å². The van der Waals surface area contributed by atoms with Crippen LogP contribution in [-0.4, -0.2) is 5.11 Å². The van der Waals surface area contributed by atoms with Crippen LogP contribution in [-0.2, 0) is 0 Å². The van der Waals surface area contributed by atoms with Crippen molar-refractivity contribution in [3.05, 3.63) is 54.8 Å². The van der Waals surface area contributed by atoms with Crippen LogP contribution in [0.25, 0.3) is 5.57 Å². The first kappa shape index (κ1) is 8.60. The highest BCUT2D eigenvalue weighted by Crippen LogP contribution is 2.16. The van der Waals surface area contributed by atoms with E-state index in [1.807, 2.05) is 30.3 Å². The van der Waals surface area contributed by atoms with Crippen molar-refractivity contribution in [2.75, 3.05) is 0 Å². The Hall–Kier alpha value is -1.50. The molecular formula is C11H12O. The molecule has 0 bridgehead atoms. The molecular weight excluding hydrogens is 148 g/mol. The van der Waals surface area contributed by atoms with Gasteiger partial charge in [-0.15, -0.1) is 6.58 Å². The van der Waals surface area contributed by atoms with E-state index < -0.39 is 0 Å². The van der Waals surface area contributed by atoms with Crippen LogP contribution >= 0.6 is 0 Å². The highest BCUT2D eigenvalue weighted by molar-refractivity contribution is 5.65. The van der Waals surface area contributed by atoms with E-state index in [2.05, 4.69) is 6.58 Å². The lowest BCUT2D eigenvalue weighted by molar-refractivity contribution is 0.475. The lowest BCUT2D eigenvalue weighted by atomic mass is 10.0. The SMILES string of the molecule is C=CC/C(=C/O)c1ccccc1. The van der Waals surface area contributed by atoms with Crippen molar-refractivity contribution in [3.8, 4) is 0 Å². The van der Waals surface area contributed by atoms with Crippen LogP contribution in [0.15, 0.2) is 49.2 Å². The number of benzene rings is 1. The van der Waals surface area contributed by atoms with Gasteiger partial charge in [-0.2, -0.15) is 0 Å². The number of aliphatic hydroxyl groups excluding tert-OH is 1. The zero-order chi connectivity index (χ0) is 8.81. The van der Waals surface area contributed by atoms with E-state index in [1.54, 1.807) is 6.08 Å². The third-order valence-electron chi connectivity index (χ3n) is 1.66. The quantitative estimate of drug-likeness (QED) is 0.532. The molecule has 0 amide bonds. The van der Waals surface area contributed by atoms with Crippen LogP contribution in [0.3, 0.4) is 0 Å². The molecule has 0 atom stereocenters. The molecule has 1 nitrogen and oxygen atoms in total. The first-order valence-corrected chi connectivity index (χ1v) is 3.88. The van der Waals surface area contributed by atoms with Crippen molar-refractivity contribution >= 4 is 5.57 Å². The molecule has 0 saturated heterocycles. The fraction of sp³-hybridized carbons (Fsp3) is 0.0909. The molecule has 0 heterocycles. The van der Waals surface area contributed by atoms with Crippen molar-refractivity contribution in [2.24, 2.45) is 0 Å². The third kappa shape index (κ3) is 1.99. The average molecular weight is 160 g/mol. The molecule has 1 N–H and O–H groups in total. The Bertz CT molecular complexity index is 272. The molecule has 1 heteroatoms. The smallest absolute Gasteiger partial charge is 0.0832 e. The summed E-state index contributed by atoms with van der Waals surface area (Å²) in [6.07, 6.45) is 3.60. The summed E-state index contributed by atoms with van der Waals surface area (Å²) in [5, 5.41) is 8.90. The maximum absolute atomic E-state index is 8.90. The summed E-state index contributed by atoms with van der Waals surface area (Å²) in [5.74, 6) is 0. The lowest BCUT2D eigenvalue weighted by Crippen LogP contribution is -1.81. The summed E-state index contributed by atoms with van der Waals surface area (Å²) in [4.78, 5) is 0. The third-order valence-corrected chi connectivity index (χ3v) is 1.66. The lowest BCUT2D eigenvalue weighted by Gasteiger charge is -2.01. The molecule has 0 aromatic heterocycles. The molecule has 12 heavy (non-hydrogen) atoms. The second-order valence-electron chi connectivity index (χ2n) is 2.51. The average Bonchev–Trinajstić information content (AvgIpc) is 2.15. The Morgan fingerprint density at radius 2 is 2.00 bits per heavy atom. The Kier molecular flexibility index (Phi) is 3.15. The zero-order valence-corrected chi connectivity index (χ0v) is 6.90. The predicted molar refractivity (Wildman–Crippen MR) is 51.9 cm³/mol. The van der Waals surface area contributed by atoms with Crippen LogP contribution in [0, 0.1) is 0 Å². The predicted octanol–water partition coefficient (Wildman–Crippen LogP) is 3.16. The number of hydrogen-bond donors (Lipinski definition) is 1. The minimum atomic E-state index is 0.695. The van der Waals surface area contributed by atoms with Gasteiger partial charge in [0.15, 0.2) is 0 Å². The molecule has 62 valence electrons. The number of aliphatic hydroxyl groups is 1. The van der Waals surface area contributed by atoms with E-state index in [4.69, 9.17) is 5.11 Å². The van der Waals surface area contributed by atoms with Gasteiger partial charge in [0.25, 0.3) is 0 Å². The van der Waals surface area contributed by atoms with Gasteiger partial charge in [0.2, 0.25) is 0 Å². The van der Waals surface area contributed by atoms with Crippen LogP contribution in [0.1, 0.15) is 12.0 Å². The fourth-order valence-corrected chi connectivity index (χ4v) is 1.05. The number of allylic oxidation sites excluding steroid dienone is 2. The molecule has 0 aliphatic carbocycles. The topological polar surface area (TPSA) is 20.2 Å². The molecule has 0 unspecified atom stereocenters. The van der Waals surface area contributed by atoms with Crippen molar-refractivity contribution < 1.29 is 5.11 Å². The van der Waals surface area contributed by atoms with Crippen molar-refractivity contribution in [1.29, 1.82) is 0 Å². The molecule has 1 rings (SSSR count). The van der Waals surface area contributed by atoms with Gasteiger partial charge in [-0.3, -0.25) is 0 Å². The van der Waals surface area contributed by atoms with Gasteiger partial charge in [-0.25, -0.2) is 0 Å². The maximum Gasteiger partial charge on any atom is 0.0832 e. The van der Waals surface area contributed by atoms with Gasteiger partial charge in [0.1, 0.15) is 0 Å². The number of rotatable bonds is 3. The standard InChI is InChI=1S/C11H12O/c1-2-6-11(9-12)10-7-4-3-5-8-10/h2-5,7-9,12H,1,6H2/b11-9-. The zero-order valence-electron chi connectivity index (χ0n) is 6.90. The van der Waals surface area contributed by atoms with Crippen molar-refractivity contribution in [1.82, 2.24) is 0 Å². The molecule has 0 aliphatic heterocycles. The molecule has 1 aromatic rings. The van der Waals surface area contributed by atoms with Crippen LogP contribution in [0.2, 0.25) is 0 Å². The Morgan fingerprint density at radius 3 is 2.50 bits per heavy atom. The van der Waals surface area contributed by atoms with Crippen molar-refractivity contribution in [3.63, 3.8) is 0 Å². The van der Waals surface area contributed by atoms with Gasteiger partial charge in [0.05, 0.1) is 6.26 Å². The van der Waals surface area contributed by atoms with Gasteiger partial charge in [0, 0.05) is 0 Å². The van der Waals surface area contributed by atoms with Gasteiger partial charge in [-0.1, -0.05) is 36.4 Å². The molecule has 0 saturated carbocycles. The summed E-state index contributed by atoms with van der Waals surface area (Å²) in [5.41, 5.74) is 1.94. The minimum Gasteiger partial charge on any atom is -0.515 e. The Morgan fingerprint density at radius 1 is 1.33 bits per heavy atom. The van der Waals surface area contributed by atoms with Gasteiger partial charge in [-0.05, 0) is 17.6 Å². The molecule has 0 spiro atoms. The summed E-state index contributed by atoms with van der Waals surface area (Å²) in [6, 6.07) is 9.77. The highest BCUT2D eigenvalue weighted by atomic mass is 16.2. The number of hydrogen-bond acceptors (Lipinski definition) is 1.